The Bertz CT molecular complexity index is 1200. The van der Waals surface area contributed by atoms with Crippen LogP contribution in [0, 0.1) is 11.7 Å². The first kappa shape index (κ1) is 19.8. The summed E-state index contributed by atoms with van der Waals surface area (Å²) in [6.45, 7) is 2.64. The van der Waals surface area contributed by atoms with Gasteiger partial charge in [0.25, 0.3) is 0 Å². The van der Waals surface area contributed by atoms with Gasteiger partial charge in [0.1, 0.15) is 6.54 Å². The normalized spacial score (nSPS) is 10.7. The van der Waals surface area contributed by atoms with E-state index in [0.717, 1.165) is 17.2 Å². The van der Waals surface area contributed by atoms with Crippen LogP contribution >= 0.6 is 12.2 Å². The smallest absolute Gasteiger partial charge is 0.203 e. The fourth-order valence-electron chi connectivity index (χ4n) is 3.21. The Kier molecular flexibility index (Phi) is 5.86. The van der Waals surface area contributed by atoms with Gasteiger partial charge in [0.15, 0.2) is 11.6 Å². The van der Waals surface area contributed by atoms with Crippen molar-refractivity contribution in [1.82, 2.24) is 14.3 Å². The third-order valence-corrected chi connectivity index (χ3v) is 5.21. The number of anilines is 1. The lowest BCUT2D eigenvalue weighted by molar-refractivity contribution is 0.0967. The molecule has 1 heterocycles. The molecule has 6 heteroatoms. The monoisotopic (exact) mass is 414 g/mol. The van der Waals surface area contributed by atoms with E-state index in [1.807, 2.05) is 65.2 Å². The van der Waals surface area contributed by atoms with Crippen molar-refractivity contribution in [2.75, 3.05) is 5.32 Å². The highest BCUT2D eigenvalue weighted by Crippen LogP contribution is 2.16. The predicted molar refractivity (Wildman–Crippen MR) is 122 cm³/mol. The van der Waals surface area contributed by atoms with Gasteiger partial charge >= 0.3 is 0 Å². The summed E-state index contributed by atoms with van der Waals surface area (Å²) in [6, 6.07) is 27.2. The number of ketones is 1. The Morgan fingerprint density at radius 2 is 1.57 bits per heavy atom. The second kappa shape index (κ2) is 8.88. The lowest BCUT2D eigenvalue weighted by atomic mass is 10.1. The SMILES string of the molecule is Cc1ccc(NCc2nn(CC(=O)c3ccccc3)c(=S)n2-c2ccccc2)cc1. The van der Waals surface area contributed by atoms with Crippen molar-refractivity contribution in [3.63, 3.8) is 0 Å². The fourth-order valence-corrected chi connectivity index (χ4v) is 3.53. The van der Waals surface area contributed by atoms with Crippen molar-refractivity contribution in [2.45, 2.75) is 20.0 Å². The minimum absolute atomic E-state index is 0.0255. The van der Waals surface area contributed by atoms with E-state index >= 15 is 0 Å². The average molecular weight is 415 g/mol. The molecule has 4 aromatic rings. The van der Waals surface area contributed by atoms with Gasteiger partial charge in [-0.3, -0.25) is 9.36 Å². The molecule has 150 valence electrons. The molecule has 0 aliphatic heterocycles. The number of aryl methyl sites for hydroxylation is 1. The van der Waals surface area contributed by atoms with E-state index in [1.54, 1.807) is 16.8 Å². The van der Waals surface area contributed by atoms with Crippen LogP contribution in [-0.2, 0) is 13.1 Å². The highest BCUT2D eigenvalue weighted by Gasteiger charge is 2.15. The summed E-state index contributed by atoms with van der Waals surface area (Å²) in [5.74, 6) is 0.718. The Balaban J connectivity index is 1.65. The molecule has 5 nitrogen and oxygen atoms in total. The number of para-hydroxylation sites is 1. The summed E-state index contributed by atoms with van der Waals surface area (Å²) < 4.78 is 4.00. The Labute approximate surface area is 180 Å². The standard InChI is InChI=1S/C24H22N4OS/c1-18-12-14-20(15-13-18)25-16-23-26-27(17-22(29)19-8-4-2-5-9-19)24(30)28(23)21-10-6-3-7-11-21/h2-15,25H,16-17H2,1H3. The van der Waals surface area contributed by atoms with E-state index in [4.69, 9.17) is 12.2 Å². The van der Waals surface area contributed by atoms with Gasteiger partial charge in [-0.1, -0.05) is 66.2 Å². The quantitative estimate of drug-likeness (QED) is 0.333. The van der Waals surface area contributed by atoms with Crippen molar-refractivity contribution in [3.8, 4) is 5.69 Å². The average Bonchev–Trinajstić information content (AvgIpc) is 3.09. The van der Waals surface area contributed by atoms with E-state index in [-0.39, 0.29) is 12.3 Å². The van der Waals surface area contributed by atoms with Crippen LogP contribution in [0.15, 0.2) is 84.9 Å². The van der Waals surface area contributed by atoms with Crippen molar-refractivity contribution in [3.05, 3.63) is 107 Å². The zero-order valence-electron chi connectivity index (χ0n) is 16.7. The number of hydrogen-bond acceptors (Lipinski definition) is 4. The second-order valence-electron chi connectivity index (χ2n) is 7.04. The second-order valence-corrected chi connectivity index (χ2v) is 7.40. The summed E-state index contributed by atoms with van der Waals surface area (Å²) in [7, 11) is 0. The van der Waals surface area contributed by atoms with Gasteiger partial charge in [-0.25, -0.2) is 4.68 Å². The first-order valence-corrected chi connectivity index (χ1v) is 10.2. The maximum Gasteiger partial charge on any atom is 0.203 e. The van der Waals surface area contributed by atoms with E-state index in [0.29, 0.717) is 16.9 Å². The van der Waals surface area contributed by atoms with Gasteiger partial charge in [-0.05, 0) is 43.4 Å². The van der Waals surface area contributed by atoms with Gasteiger partial charge in [0.2, 0.25) is 4.77 Å². The molecule has 0 spiro atoms. The molecule has 30 heavy (non-hydrogen) atoms. The number of aromatic nitrogens is 3. The number of rotatable bonds is 7. The first-order chi connectivity index (χ1) is 14.6. The van der Waals surface area contributed by atoms with Crippen LogP contribution in [0.4, 0.5) is 5.69 Å². The number of hydrogen-bond donors (Lipinski definition) is 1. The largest absolute Gasteiger partial charge is 0.378 e. The molecular formula is C24H22N4OS. The minimum Gasteiger partial charge on any atom is -0.378 e. The van der Waals surface area contributed by atoms with Gasteiger partial charge in [-0.15, -0.1) is 0 Å². The number of carbonyl (C=O) groups is 1. The number of benzene rings is 3. The molecule has 0 aliphatic carbocycles. The van der Waals surface area contributed by atoms with Crippen molar-refractivity contribution in [1.29, 1.82) is 0 Å². The van der Waals surface area contributed by atoms with Gasteiger partial charge in [0.05, 0.1) is 6.54 Å². The molecule has 0 fully saturated rings. The Morgan fingerprint density at radius 1 is 0.933 bits per heavy atom. The molecule has 1 aromatic heterocycles. The van der Waals surface area contributed by atoms with E-state index in [1.165, 1.54) is 5.56 Å². The van der Waals surface area contributed by atoms with Crippen LogP contribution in [0.5, 0.6) is 0 Å². The zero-order chi connectivity index (χ0) is 20.9. The fraction of sp³-hybridized carbons (Fsp3) is 0.125. The van der Waals surface area contributed by atoms with Crippen LogP contribution in [0.3, 0.4) is 0 Å². The summed E-state index contributed by atoms with van der Waals surface area (Å²) in [5.41, 5.74) is 3.77. The summed E-state index contributed by atoms with van der Waals surface area (Å²) in [6.07, 6.45) is 0. The summed E-state index contributed by atoms with van der Waals surface area (Å²) in [4.78, 5) is 12.7. The number of Topliss-reactive ketones (excluding diaryl/α,β-unsaturated/α-hetero) is 1. The molecule has 0 unspecified atom stereocenters. The van der Waals surface area contributed by atoms with Gasteiger partial charge < -0.3 is 5.32 Å². The molecule has 0 bridgehead atoms. The highest BCUT2D eigenvalue weighted by molar-refractivity contribution is 7.71. The zero-order valence-corrected chi connectivity index (χ0v) is 17.5. The first-order valence-electron chi connectivity index (χ1n) is 9.75. The molecule has 0 saturated heterocycles. The molecule has 1 N–H and O–H groups in total. The van der Waals surface area contributed by atoms with E-state index in [9.17, 15) is 4.79 Å². The molecule has 4 rings (SSSR count). The summed E-state index contributed by atoms with van der Waals surface area (Å²) >= 11 is 5.69. The van der Waals surface area contributed by atoms with Gasteiger partial charge in [-0.2, -0.15) is 5.10 Å². The molecule has 0 amide bonds. The van der Waals surface area contributed by atoms with Crippen molar-refractivity contribution >= 4 is 23.7 Å². The lowest BCUT2D eigenvalue weighted by Crippen LogP contribution is -2.12. The van der Waals surface area contributed by atoms with Crippen LogP contribution in [0.25, 0.3) is 5.69 Å². The maximum atomic E-state index is 12.7. The highest BCUT2D eigenvalue weighted by atomic mass is 32.1. The third kappa shape index (κ3) is 4.39. The van der Waals surface area contributed by atoms with Crippen molar-refractivity contribution in [2.24, 2.45) is 0 Å². The number of nitrogens with one attached hydrogen (secondary N) is 1. The summed E-state index contributed by atoms with van der Waals surface area (Å²) in [5, 5.41) is 8.07. The van der Waals surface area contributed by atoms with Gasteiger partial charge in [0, 0.05) is 16.9 Å². The van der Waals surface area contributed by atoms with Crippen LogP contribution in [0.1, 0.15) is 21.7 Å². The van der Waals surface area contributed by atoms with E-state index in [2.05, 4.69) is 29.5 Å². The molecule has 0 atom stereocenters. The Hall–Kier alpha value is -3.51. The number of nitrogens with zero attached hydrogens (tertiary/aromatic N) is 3. The lowest BCUT2D eigenvalue weighted by Gasteiger charge is -2.09. The molecular weight excluding hydrogens is 392 g/mol. The topological polar surface area (TPSA) is 51.9 Å². The minimum atomic E-state index is -0.0255. The predicted octanol–water partition coefficient (Wildman–Crippen LogP) is 5.21. The van der Waals surface area contributed by atoms with Crippen molar-refractivity contribution < 1.29 is 4.79 Å². The van der Waals surface area contributed by atoms with Crippen LogP contribution < -0.4 is 5.32 Å². The van der Waals surface area contributed by atoms with E-state index < -0.39 is 0 Å². The molecule has 0 saturated carbocycles. The van der Waals surface area contributed by atoms with Crippen LogP contribution in [0.2, 0.25) is 0 Å². The molecule has 3 aromatic carbocycles. The maximum absolute atomic E-state index is 12.7. The third-order valence-electron chi connectivity index (χ3n) is 4.81. The molecule has 0 aliphatic rings. The Morgan fingerprint density at radius 3 is 2.23 bits per heavy atom. The van der Waals surface area contributed by atoms with Crippen LogP contribution in [-0.4, -0.2) is 20.1 Å². The molecule has 0 radical (unpaired) electrons. The number of carbonyl (C=O) groups excluding carboxylic acids is 1.